The van der Waals surface area contributed by atoms with Crippen molar-refractivity contribution in [1.82, 2.24) is 0 Å². The number of nitrogens with zero attached hydrogens (tertiary/aromatic N) is 2. The number of halogens is 1. The van der Waals surface area contributed by atoms with Gasteiger partial charge in [-0.15, -0.1) is 0 Å². The van der Waals surface area contributed by atoms with E-state index in [-0.39, 0.29) is 29.4 Å². The van der Waals surface area contributed by atoms with E-state index in [0.717, 1.165) is 5.69 Å². The van der Waals surface area contributed by atoms with Crippen molar-refractivity contribution in [3.05, 3.63) is 53.6 Å². The second-order valence-corrected chi connectivity index (χ2v) is 10.7. The number of amides is 1. The number of hydrogen-bond donors (Lipinski definition) is 0. The summed E-state index contributed by atoms with van der Waals surface area (Å²) in [5.74, 6) is 0.859. The van der Waals surface area contributed by atoms with E-state index in [1.165, 1.54) is 11.8 Å². The number of carbonyl (C=O) groups excluding carboxylic acids is 1. The van der Waals surface area contributed by atoms with E-state index in [1.54, 1.807) is 43.5 Å². The van der Waals surface area contributed by atoms with Gasteiger partial charge in [0.15, 0.2) is 21.6 Å². The normalized spacial score (nSPS) is 23.4. The van der Waals surface area contributed by atoms with E-state index < -0.39 is 15.7 Å². The Labute approximate surface area is 183 Å². The lowest BCUT2D eigenvalue weighted by molar-refractivity contribution is -0.119. The van der Waals surface area contributed by atoms with Crippen LogP contribution >= 0.6 is 23.4 Å². The first-order chi connectivity index (χ1) is 14.3. The molecule has 7 nitrogen and oxygen atoms in total. The molecule has 0 saturated carbocycles. The topological polar surface area (TPSA) is 85.3 Å². The lowest BCUT2D eigenvalue weighted by Crippen LogP contribution is -2.37. The Morgan fingerprint density at radius 2 is 1.80 bits per heavy atom. The van der Waals surface area contributed by atoms with Crippen LogP contribution in [0.25, 0.3) is 0 Å². The van der Waals surface area contributed by atoms with E-state index in [9.17, 15) is 13.2 Å². The minimum atomic E-state index is -3.12. The van der Waals surface area contributed by atoms with Gasteiger partial charge in [0.05, 0.1) is 24.7 Å². The molecular formula is C20H19ClN2O5S2. The van der Waals surface area contributed by atoms with Crippen LogP contribution in [0, 0.1) is 0 Å². The summed E-state index contributed by atoms with van der Waals surface area (Å²) in [6.45, 7) is -0.226. The molecule has 2 atom stereocenters. The predicted octanol–water partition coefficient (Wildman–Crippen LogP) is 3.03. The predicted molar refractivity (Wildman–Crippen MR) is 119 cm³/mol. The Balaban J connectivity index is 1.55. The van der Waals surface area contributed by atoms with Crippen LogP contribution in [0.5, 0.6) is 11.5 Å². The first-order valence-corrected chi connectivity index (χ1v) is 12.2. The lowest BCUT2D eigenvalue weighted by Gasteiger charge is -2.24. The maximum absolute atomic E-state index is 12.4. The number of benzene rings is 2. The van der Waals surface area contributed by atoms with E-state index >= 15 is 0 Å². The van der Waals surface area contributed by atoms with Crippen LogP contribution in [0.2, 0.25) is 5.02 Å². The molecule has 158 valence electrons. The number of hydrogen-bond acceptors (Lipinski definition) is 6. The molecule has 2 aliphatic heterocycles. The zero-order valence-corrected chi connectivity index (χ0v) is 18.4. The SMILES string of the molecule is COc1ccc(N2C(=NC(=O)COc3ccc(Cl)cc3)S[C@@H]3CS(=O)(=O)C[C@@H]32)cc1. The fraction of sp³-hybridized carbons (Fsp3) is 0.300. The maximum Gasteiger partial charge on any atom is 0.285 e. The second kappa shape index (κ2) is 8.49. The van der Waals surface area contributed by atoms with Gasteiger partial charge < -0.3 is 14.4 Å². The molecule has 2 fully saturated rings. The van der Waals surface area contributed by atoms with Crippen molar-refractivity contribution in [3.63, 3.8) is 0 Å². The van der Waals surface area contributed by atoms with Gasteiger partial charge in [-0.25, -0.2) is 8.42 Å². The average Bonchev–Trinajstić information content (AvgIpc) is 3.18. The van der Waals surface area contributed by atoms with Crippen molar-refractivity contribution >= 4 is 50.0 Å². The first kappa shape index (κ1) is 21.0. The van der Waals surface area contributed by atoms with Crippen LogP contribution in [0.1, 0.15) is 0 Å². The summed E-state index contributed by atoms with van der Waals surface area (Å²) in [6, 6.07) is 13.7. The summed E-state index contributed by atoms with van der Waals surface area (Å²) < 4.78 is 34.9. The average molecular weight is 467 g/mol. The third-order valence-corrected chi connectivity index (χ3v) is 8.28. The fourth-order valence-electron chi connectivity index (χ4n) is 3.42. The highest BCUT2D eigenvalue weighted by Gasteiger charge is 2.49. The van der Waals surface area contributed by atoms with Crippen LogP contribution in [-0.2, 0) is 14.6 Å². The zero-order chi connectivity index (χ0) is 21.3. The summed E-state index contributed by atoms with van der Waals surface area (Å²) in [4.78, 5) is 18.5. The number of anilines is 1. The molecule has 0 aliphatic carbocycles. The van der Waals surface area contributed by atoms with Crippen LogP contribution in [0.3, 0.4) is 0 Å². The molecule has 0 radical (unpaired) electrons. The molecule has 30 heavy (non-hydrogen) atoms. The summed E-state index contributed by atoms with van der Waals surface area (Å²) >= 11 is 7.16. The van der Waals surface area contributed by atoms with Gasteiger partial charge in [0.1, 0.15) is 11.5 Å². The highest BCUT2D eigenvalue weighted by Crippen LogP contribution is 2.41. The van der Waals surface area contributed by atoms with E-state index in [1.807, 2.05) is 17.0 Å². The summed E-state index contributed by atoms with van der Waals surface area (Å²) in [5.41, 5.74) is 0.762. The zero-order valence-electron chi connectivity index (χ0n) is 16.0. The Bertz CT molecular complexity index is 1070. The monoisotopic (exact) mass is 466 g/mol. The van der Waals surface area contributed by atoms with Gasteiger partial charge in [0.2, 0.25) is 0 Å². The number of amidine groups is 1. The quantitative estimate of drug-likeness (QED) is 0.669. The van der Waals surface area contributed by atoms with E-state index in [0.29, 0.717) is 21.7 Å². The van der Waals surface area contributed by atoms with Gasteiger partial charge in [-0.05, 0) is 48.5 Å². The minimum Gasteiger partial charge on any atom is -0.497 e. The maximum atomic E-state index is 12.4. The largest absolute Gasteiger partial charge is 0.497 e. The number of aliphatic imine (C=N–C) groups is 1. The number of fused-ring (bicyclic) bond motifs is 1. The van der Waals surface area contributed by atoms with Crippen molar-refractivity contribution in [2.45, 2.75) is 11.3 Å². The first-order valence-electron chi connectivity index (χ1n) is 9.15. The van der Waals surface area contributed by atoms with Crippen molar-refractivity contribution < 1.29 is 22.7 Å². The Morgan fingerprint density at radius 3 is 2.47 bits per heavy atom. The molecule has 0 unspecified atom stereocenters. The van der Waals surface area contributed by atoms with Gasteiger partial charge >= 0.3 is 0 Å². The third kappa shape index (κ3) is 4.58. The Hall–Kier alpha value is -2.23. The van der Waals surface area contributed by atoms with E-state index in [2.05, 4.69) is 4.99 Å². The third-order valence-electron chi connectivity index (χ3n) is 4.81. The number of carbonyl (C=O) groups is 1. The number of methoxy groups -OCH3 is 1. The van der Waals surface area contributed by atoms with Gasteiger partial charge in [-0.2, -0.15) is 4.99 Å². The number of thioether (sulfide) groups is 1. The van der Waals surface area contributed by atoms with Crippen molar-refractivity contribution in [1.29, 1.82) is 0 Å². The van der Waals surface area contributed by atoms with Gasteiger partial charge in [0.25, 0.3) is 5.91 Å². The number of ether oxygens (including phenoxy) is 2. The minimum absolute atomic E-state index is 0.0329. The molecule has 4 rings (SSSR count). The summed E-state index contributed by atoms with van der Waals surface area (Å²) in [7, 11) is -1.55. The fourth-order valence-corrected chi connectivity index (χ4v) is 7.48. The smallest absolute Gasteiger partial charge is 0.285 e. The number of rotatable bonds is 5. The molecule has 2 aromatic rings. The molecule has 1 amide bonds. The van der Waals surface area contributed by atoms with Crippen LogP contribution in [0.15, 0.2) is 53.5 Å². The molecule has 0 spiro atoms. The van der Waals surface area contributed by atoms with E-state index in [4.69, 9.17) is 21.1 Å². The Kier molecular flexibility index (Phi) is 5.95. The van der Waals surface area contributed by atoms with Crippen molar-refractivity contribution in [2.75, 3.05) is 30.1 Å². The molecule has 2 aromatic carbocycles. The van der Waals surface area contributed by atoms with Crippen LogP contribution in [-0.4, -0.2) is 56.0 Å². The molecule has 2 aliphatic rings. The highest BCUT2D eigenvalue weighted by molar-refractivity contribution is 8.16. The summed E-state index contributed by atoms with van der Waals surface area (Å²) in [5, 5.41) is 0.892. The molecule has 10 heteroatoms. The van der Waals surface area contributed by atoms with Gasteiger partial charge in [0, 0.05) is 16.0 Å². The standard InChI is InChI=1S/C20H19ClN2O5S2/c1-27-15-8-4-14(5-9-15)23-17-11-30(25,26)12-18(17)29-20(23)22-19(24)10-28-16-6-2-13(21)3-7-16/h2-9,17-18H,10-12H2,1H3/t17-,18+/m0/s1. The highest BCUT2D eigenvalue weighted by atomic mass is 35.5. The molecule has 2 saturated heterocycles. The second-order valence-electron chi connectivity index (χ2n) is 6.90. The van der Waals surface area contributed by atoms with Crippen molar-refractivity contribution in [2.24, 2.45) is 4.99 Å². The van der Waals surface area contributed by atoms with Crippen LogP contribution in [0.4, 0.5) is 5.69 Å². The Morgan fingerprint density at radius 1 is 1.13 bits per heavy atom. The molecule has 0 aromatic heterocycles. The molecule has 0 bridgehead atoms. The summed E-state index contributed by atoms with van der Waals surface area (Å²) in [6.07, 6.45) is 0. The molecule has 0 N–H and O–H groups in total. The van der Waals surface area contributed by atoms with Gasteiger partial charge in [-0.3, -0.25) is 4.79 Å². The van der Waals surface area contributed by atoms with Crippen molar-refractivity contribution in [3.8, 4) is 11.5 Å². The molecule has 2 heterocycles. The molecular weight excluding hydrogens is 448 g/mol. The lowest BCUT2D eigenvalue weighted by atomic mass is 10.2. The number of sulfone groups is 1. The van der Waals surface area contributed by atoms with Crippen LogP contribution < -0.4 is 14.4 Å². The van der Waals surface area contributed by atoms with Gasteiger partial charge in [-0.1, -0.05) is 23.4 Å².